The summed E-state index contributed by atoms with van der Waals surface area (Å²) in [6, 6.07) is 10.6. The third kappa shape index (κ3) is 4.09. The molecule has 1 aromatic heterocycles. The number of aliphatic imine (C=N–C) groups is 1. The van der Waals surface area contributed by atoms with Crippen molar-refractivity contribution in [1.29, 1.82) is 0 Å². The lowest BCUT2D eigenvalue weighted by molar-refractivity contribution is 0.414. The maximum Gasteiger partial charge on any atom is 0.194 e. The highest BCUT2D eigenvalue weighted by Crippen LogP contribution is 2.28. The van der Waals surface area contributed by atoms with Crippen molar-refractivity contribution >= 4 is 17.3 Å². The first kappa shape index (κ1) is 16.8. The van der Waals surface area contributed by atoms with Gasteiger partial charge in [-0.25, -0.2) is 4.99 Å². The average molecular weight is 343 g/mol. The van der Waals surface area contributed by atoms with Gasteiger partial charge in [-0.1, -0.05) is 12.1 Å². The van der Waals surface area contributed by atoms with Crippen LogP contribution in [-0.2, 0) is 6.54 Å². The molecule has 1 aliphatic rings. The van der Waals surface area contributed by atoms with Gasteiger partial charge in [-0.2, -0.15) is 11.3 Å². The highest BCUT2D eigenvalue weighted by molar-refractivity contribution is 7.07. The summed E-state index contributed by atoms with van der Waals surface area (Å²) in [5.41, 5.74) is 2.66. The first-order valence-electron chi connectivity index (χ1n) is 8.48. The number of likely N-dealkylation sites (tertiary alicyclic amines) is 1. The summed E-state index contributed by atoms with van der Waals surface area (Å²) < 4.78 is 5.25. The molecule has 0 spiro atoms. The van der Waals surface area contributed by atoms with Crippen LogP contribution in [0.25, 0.3) is 0 Å². The Morgan fingerprint density at radius 1 is 1.33 bits per heavy atom. The molecule has 5 heteroatoms. The van der Waals surface area contributed by atoms with E-state index in [0.717, 1.165) is 44.3 Å². The SMILES string of the molecule is CCNC(=NCc1ccsc1)N1CCC(c2ccc(OC)cc2)C1. The number of nitrogens with zero attached hydrogens (tertiary/aromatic N) is 2. The number of thiophene rings is 1. The lowest BCUT2D eigenvalue weighted by atomic mass is 9.98. The van der Waals surface area contributed by atoms with Crippen LogP contribution in [0.5, 0.6) is 5.75 Å². The normalized spacial score (nSPS) is 18.0. The topological polar surface area (TPSA) is 36.9 Å². The fraction of sp³-hybridized carbons (Fsp3) is 0.421. The molecule has 1 fully saturated rings. The minimum atomic E-state index is 0.556. The van der Waals surface area contributed by atoms with E-state index in [1.165, 1.54) is 11.1 Å². The van der Waals surface area contributed by atoms with Crippen LogP contribution in [-0.4, -0.2) is 37.6 Å². The van der Waals surface area contributed by atoms with Gasteiger partial charge in [0, 0.05) is 25.6 Å². The zero-order valence-electron chi connectivity index (χ0n) is 14.4. The Labute approximate surface area is 148 Å². The fourth-order valence-corrected chi connectivity index (χ4v) is 3.74. The van der Waals surface area contributed by atoms with Gasteiger partial charge in [0.2, 0.25) is 0 Å². The molecule has 1 unspecified atom stereocenters. The van der Waals surface area contributed by atoms with Gasteiger partial charge in [-0.15, -0.1) is 0 Å². The van der Waals surface area contributed by atoms with Gasteiger partial charge < -0.3 is 15.0 Å². The number of guanidine groups is 1. The number of hydrogen-bond acceptors (Lipinski definition) is 3. The molecule has 1 aliphatic heterocycles. The Morgan fingerprint density at radius 2 is 2.17 bits per heavy atom. The number of methoxy groups -OCH3 is 1. The van der Waals surface area contributed by atoms with Crippen molar-refractivity contribution in [2.75, 3.05) is 26.7 Å². The number of rotatable bonds is 5. The second kappa shape index (κ2) is 8.20. The van der Waals surface area contributed by atoms with Gasteiger partial charge in [0.25, 0.3) is 0 Å². The molecule has 2 heterocycles. The summed E-state index contributed by atoms with van der Waals surface area (Å²) in [6.45, 7) is 5.83. The smallest absolute Gasteiger partial charge is 0.194 e. The molecule has 0 aliphatic carbocycles. The first-order valence-corrected chi connectivity index (χ1v) is 9.42. The van der Waals surface area contributed by atoms with Crippen LogP contribution in [0.15, 0.2) is 46.1 Å². The zero-order chi connectivity index (χ0) is 16.8. The highest BCUT2D eigenvalue weighted by atomic mass is 32.1. The molecule has 1 N–H and O–H groups in total. The number of nitrogens with one attached hydrogen (secondary N) is 1. The quantitative estimate of drug-likeness (QED) is 0.664. The van der Waals surface area contributed by atoms with E-state index >= 15 is 0 Å². The van der Waals surface area contributed by atoms with Gasteiger partial charge in [0.1, 0.15) is 5.75 Å². The molecule has 1 saturated heterocycles. The van der Waals surface area contributed by atoms with Crippen molar-refractivity contribution < 1.29 is 4.74 Å². The van der Waals surface area contributed by atoms with Gasteiger partial charge >= 0.3 is 0 Å². The molecule has 24 heavy (non-hydrogen) atoms. The van der Waals surface area contributed by atoms with Gasteiger partial charge in [0.05, 0.1) is 13.7 Å². The predicted octanol–water partition coefficient (Wildman–Crippen LogP) is 3.71. The number of benzene rings is 1. The molecule has 2 aromatic rings. The molecule has 0 amide bonds. The lowest BCUT2D eigenvalue weighted by Crippen LogP contribution is -2.40. The lowest BCUT2D eigenvalue weighted by Gasteiger charge is -2.21. The van der Waals surface area contributed by atoms with E-state index in [1.54, 1.807) is 18.4 Å². The fourth-order valence-electron chi connectivity index (χ4n) is 3.08. The second-order valence-corrected chi connectivity index (χ2v) is 6.79. The van der Waals surface area contributed by atoms with Crippen LogP contribution < -0.4 is 10.1 Å². The van der Waals surface area contributed by atoms with E-state index in [-0.39, 0.29) is 0 Å². The minimum Gasteiger partial charge on any atom is -0.497 e. The predicted molar refractivity (Wildman–Crippen MR) is 101 cm³/mol. The molecular formula is C19H25N3OS. The molecule has 3 rings (SSSR count). The van der Waals surface area contributed by atoms with Crippen LogP contribution in [0.3, 0.4) is 0 Å². The molecule has 1 atom stereocenters. The average Bonchev–Trinajstić information content (AvgIpc) is 3.30. The van der Waals surface area contributed by atoms with Crippen molar-refractivity contribution in [2.45, 2.75) is 25.8 Å². The first-order chi connectivity index (χ1) is 11.8. The largest absolute Gasteiger partial charge is 0.497 e. The molecular weight excluding hydrogens is 318 g/mol. The van der Waals surface area contributed by atoms with Crippen molar-refractivity contribution in [1.82, 2.24) is 10.2 Å². The highest BCUT2D eigenvalue weighted by Gasteiger charge is 2.26. The molecule has 0 radical (unpaired) electrons. The van der Waals surface area contributed by atoms with Crippen molar-refractivity contribution in [3.8, 4) is 5.75 Å². The monoisotopic (exact) mass is 343 g/mol. The number of ether oxygens (including phenoxy) is 1. The summed E-state index contributed by atoms with van der Waals surface area (Å²) >= 11 is 1.72. The van der Waals surface area contributed by atoms with Crippen LogP contribution in [0, 0.1) is 0 Å². The Balaban J connectivity index is 1.65. The standard InChI is InChI=1S/C19H25N3OS/c1-3-20-19(21-12-15-9-11-24-14-15)22-10-8-17(13-22)16-4-6-18(23-2)7-5-16/h4-7,9,11,14,17H,3,8,10,12-13H2,1-2H3,(H,20,21). The van der Waals surface area contributed by atoms with Gasteiger partial charge in [-0.05, 0) is 53.4 Å². The van der Waals surface area contributed by atoms with Crippen LogP contribution >= 0.6 is 11.3 Å². The van der Waals surface area contributed by atoms with E-state index in [0.29, 0.717) is 5.92 Å². The Bertz CT molecular complexity index is 652. The summed E-state index contributed by atoms with van der Waals surface area (Å²) in [4.78, 5) is 7.19. The molecule has 4 nitrogen and oxygen atoms in total. The zero-order valence-corrected chi connectivity index (χ0v) is 15.2. The third-order valence-electron chi connectivity index (χ3n) is 4.40. The second-order valence-electron chi connectivity index (χ2n) is 6.01. The molecule has 1 aromatic carbocycles. The van der Waals surface area contributed by atoms with Crippen molar-refractivity contribution in [3.63, 3.8) is 0 Å². The van der Waals surface area contributed by atoms with Crippen LogP contribution in [0.2, 0.25) is 0 Å². The van der Waals surface area contributed by atoms with E-state index < -0.39 is 0 Å². The van der Waals surface area contributed by atoms with Crippen molar-refractivity contribution in [3.05, 3.63) is 52.2 Å². The Morgan fingerprint density at radius 3 is 2.83 bits per heavy atom. The summed E-state index contributed by atoms with van der Waals surface area (Å²) in [6.07, 6.45) is 1.16. The third-order valence-corrected chi connectivity index (χ3v) is 5.13. The van der Waals surface area contributed by atoms with E-state index in [1.807, 2.05) is 12.1 Å². The van der Waals surface area contributed by atoms with Crippen molar-refractivity contribution in [2.24, 2.45) is 4.99 Å². The molecule has 128 valence electrons. The van der Waals surface area contributed by atoms with E-state index in [9.17, 15) is 0 Å². The minimum absolute atomic E-state index is 0.556. The van der Waals surface area contributed by atoms with Gasteiger partial charge in [-0.3, -0.25) is 0 Å². The Kier molecular flexibility index (Phi) is 5.75. The van der Waals surface area contributed by atoms with Crippen LogP contribution in [0.1, 0.15) is 30.4 Å². The van der Waals surface area contributed by atoms with Crippen LogP contribution in [0.4, 0.5) is 0 Å². The summed E-state index contributed by atoms with van der Waals surface area (Å²) in [5, 5.41) is 7.70. The maximum absolute atomic E-state index is 5.25. The van der Waals surface area contributed by atoms with E-state index in [4.69, 9.17) is 9.73 Å². The summed E-state index contributed by atoms with van der Waals surface area (Å²) in [7, 11) is 1.71. The van der Waals surface area contributed by atoms with E-state index in [2.05, 4.69) is 46.1 Å². The molecule has 0 bridgehead atoms. The van der Waals surface area contributed by atoms with Gasteiger partial charge in [0.15, 0.2) is 5.96 Å². The summed E-state index contributed by atoms with van der Waals surface area (Å²) in [5.74, 6) is 2.50. The molecule has 0 saturated carbocycles. The number of hydrogen-bond donors (Lipinski definition) is 1. The maximum atomic E-state index is 5.25. The Hall–Kier alpha value is -2.01.